The molecule has 4 unspecified atom stereocenters. The maximum atomic E-state index is 12.7. The van der Waals surface area contributed by atoms with Crippen LogP contribution in [0.5, 0.6) is 0 Å². The van der Waals surface area contributed by atoms with Crippen LogP contribution < -0.4 is 0 Å². The Bertz CT molecular complexity index is 464. The standard InChI is InChI=1S/C19H30O4/c1-12(2)17(20)22-16-11-13-9-14(16)15(10-13)18(21)23-19(3)7-5-4-6-8-19/h12-16H,4-11H2,1-3H3. The van der Waals surface area contributed by atoms with Crippen LogP contribution in [0.3, 0.4) is 0 Å². The quantitative estimate of drug-likeness (QED) is 0.737. The zero-order valence-corrected chi connectivity index (χ0v) is 14.7. The lowest BCUT2D eigenvalue weighted by Crippen LogP contribution is -2.40. The third-order valence-electron chi connectivity index (χ3n) is 6.05. The molecule has 0 aliphatic heterocycles. The van der Waals surface area contributed by atoms with Crippen molar-refractivity contribution >= 4 is 11.9 Å². The minimum Gasteiger partial charge on any atom is -0.462 e. The Morgan fingerprint density at radius 2 is 1.74 bits per heavy atom. The molecule has 130 valence electrons. The molecule has 0 amide bonds. The summed E-state index contributed by atoms with van der Waals surface area (Å²) in [5.74, 6) is 0.309. The first-order chi connectivity index (χ1) is 10.9. The summed E-state index contributed by atoms with van der Waals surface area (Å²) in [6.45, 7) is 5.78. The average Bonchev–Trinajstić information content (AvgIpc) is 3.07. The van der Waals surface area contributed by atoms with Gasteiger partial charge in [0.05, 0.1) is 11.8 Å². The van der Waals surface area contributed by atoms with Crippen LogP contribution in [0.25, 0.3) is 0 Å². The van der Waals surface area contributed by atoms with E-state index in [-0.39, 0.29) is 41.4 Å². The van der Waals surface area contributed by atoms with Gasteiger partial charge in [0.25, 0.3) is 0 Å². The zero-order chi connectivity index (χ0) is 16.6. The maximum absolute atomic E-state index is 12.7. The molecule has 3 saturated carbocycles. The zero-order valence-electron chi connectivity index (χ0n) is 14.7. The van der Waals surface area contributed by atoms with Crippen molar-refractivity contribution in [3.05, 3.63) is 0 Å². The van der Waals surface area contributed by atoms with Crippen molar-refractivity contribution in [3.8, 4) is 0 Å². The van der Waals surface area contributed by atoms with E-state index in [1.165, 1.54) is 6.42 Å². The van der Waals surface area contributed by atoms with Crippen molar-refractivity contribution < 1.29 is 19.1 Å². The molecule has 4 heteroatoms. The first-order valence-electron chi connectivity index (χ1n) is 9.31. The van der Waals surface area contributed by atoms with E-state index in [1.54, 1.807) is 0 Å². The third-order valence-corrected chi connectivity index (χ3v) is 6.05. The highest BCUT2D eigenvalue weighted by atomic mass is 16.6. The molecule has 0 heterocycles. The summed E-state index contributed by atoms with van der Waals surface area (Å²) in [7, 11) is 0. The minimum absolute atomic E-state index is 0.0489. The molecule has 0 aromatic carbocycles. The van der Waals surface area contributed by atoms with E-state index in [1.807, 2.05) is 13.8 Å². The number of hydrogen-bond donors (Lipinski definition) is 0. The maximum Gasteiger partial charge on any atom is 0.309 e. The van der Waals surface area contributed by atoms with Gasteiger partial charge in [0, 0.05) is 5.92 Å². The summed E-state index contributed by atoms with van der Waals surface area (Å²) < 4.78 is 11.6. The number of esters is 2. The summed E-state index contributed by atoms with van der Waals surface area (Å²) in [4.78, 5) is 24.6. The van der Waals surface area contributed by atoms with Gasteiger partial charge in [-0.3, -0.25) is 9.59 Å². The van der Waals surface area contributed by atoms with Crippen molar-refractivity contribution in [2.45, 2.75) is 83.8 Å². The van der Waals surface area contributed by atoms with Crippen molar-refractivity contribution in [1.29, 1.82) is 0 Å². The molecule has 23 heavy (non-hydrogen) atoms. The Kier molecular flexibility index (Phi) is 4.70. The molecule has 2 bridgehead atoms. The summed E-state index contributed by atoms with van der Waals surface area (Å²) >= 11 is 0. The molecule has 4 atom stereocenters. The number of fused-ring (bicyclic) bond motifs is 2. The Hall–Kier alpha value is -1.06. The van der Waals surface area contributed by atoms with Gasteiger partial charge in [0.2, 0.25) is 0 Å². The largest absolute Gasteiger partial charge is 0.462 e. The number of ether oxygens (including phenoxy) is 2. The van der Waals surface area contributed by atoms with Gasteiger partial charge in [-0.1, -0.05) is 20.3 Å². The Morgan fingerprint density at radius 1 is 1.04 bits per heavy atom. The Morgan fingerprint density at radius 3 is 2.35 bits per heavy atom. The highest BCUT2D eigenvalue weighted by Crippen LogP contribution is 2.50. The highest BCUT2D eigenvalue weighted by Gasteiger charge is 2.52. The normalized spacial score (nSPS) is 35.3. The van der Waals surface area contributed by atoms with Crippen LogP contribution >= 0.6 is 0 Å². The highest BCUT2D eigenvalue weighted by molar-refractivity contribution is 5.75. The van der Waals surface area contributed by atoms with Crippen molar-refractivity contribution in [1.82, 2.24) is 0 Å². The first kappa shape index (κ1) is 16.8. The molecule has 3 aliphatic carbocycles. The van der Waals surface area contributed by atoms with Gasteiger partial charge >= 0.3 is 11.9 Å². The van der Waals surface area contributed by atoms with E-state index in [4.69, 9.17) is 9.47 Å². The lowest BCUT2D eigenvalue weighted by atomic mass is 9.84. The Labute approximate surface area is 139 Å². The molecular formula is C19H30O4. The van der Waals surface area contributed by atoms with Gasteiger partial charge in [-0.15, -0.1) is 0 Å². The SMILES string of the molecule is CC(C)C(=O)OC1CC2CC(C(=O)OC3(C)CCCCC3)C1C2. The summed E-state index contributed by atoms with van der Waals surface area (Å²) in [6.07, 6.45) is 8.25. The van der Waals surface area contributed by atoms with E-state index in [0.717, 1.165) is 44.9 Å². The van der Waals surface area contributed by atoms with Crippen LogP contribution in [-0.2, 0) is 19.1 Å². The predicted octanol–water partition coefficient (Wildman–Crippen LogP) is 3.87. The van der Waals surface area contributed by atoms with E-state index in [2.05, 4.69) is 6.92 Å². The van der Waals surface area contributed by atoms with E-state index in [0.29, 0.717) is 5.92 Å². The van der Waals surface area contributed by atoms with E-state index in [9.17, 15) is 9.59 Å². The third kappa shape index (κ3) is 3.56. The second-order valence-corrected chi connectivity index (χ2v) is 8.41. The molecule has 4 nitrogen and oxygen atoms in total. The summed E-state index contributed by atoms with van der Waals surface area (Å²) in [5, 5.41) is 0. The van der Waals surface area contributed by atoms with Crippen LogP contribution in [0.2, 0.25) is 0 Å². The number of carbonyl (C=O) groups excluding carboxylic acids is 2. The van der Waals surface area contributed by atoms with Gasteiger partial charge in [-0.25, -0.2) is 0 Å². The summed E-state index contributed by atoms with van der Waals surface area (Å²) in [5.41, 5.74) is -0.277. The second kappa shape index (κ2) is 6.45. The van der Waals surface area contributed by atoms with Crippen LogP contribution in [-0.4, -0.2) is 23.6 Å². The Balaban J connectivity index is 1.60. The van der Waals surface area contributed by atoms with Gasteiger partial charge in [0.1, 0.15) is 11.7 Å². The van der Waals surface area contributed by atoms with Gasteiger partial charge in [0.15, 0.2) is 0 Å². The van der Waals surface area contributed by atoms with Crippen LogP contribution in [0.4, 0.5) is 0 Å². The lowest BCUT2D eigenvalue weighted by Gasteiger charge is -2.36. The minimum atomic E-state index is -0.277. The lowest BCUT2D eigenvalue weighted by molar-refractivity contribution is -0.173. The van der Waals surface area contributed by atoms with Crippen LogP contribution in [0.1, 0.15) is 72.1 Å². The number of carbonyl (C=O) groups is 2. The fourth-order valence-corrected chi connectivity index (χ4v) is 4.70. The number of rotatable bonds is 4. The second-order valence-electron chi connectivity index (χ2n) is 8.41. The van der Waals surface area contributed by atoms with Crippen molar-refractivity contribution in [2.75, 3.05) is 0 Å². The molecular weight excluding hydrogens is 292 g/mol. The van der Waals surface area contributed by atoms with Gasteiger partial charge in [-0.05, 0) is 57.8 Å². The molecule has 3 fully saturated rings. The molecule has 0 aromatic heterocycles. The van der Waals surface area contributed by atoms with Crippen molar-refractivity contribution in [3.63, 3.8) is 0 Å². The van der Waals surface area contributed by atoms with Crippen LogP contribution in [0.15, 0.2) is 0 Å². The molecule has 0 aromatic rings. The fraction of sp³-hybridized carbons (Fsp3) is 0.895. The fourth-order valence-electron chi connectivity index (χ4n) is 4.70. The molecule has 0 N–H and O–H groups in total. The number of hydrogen-bond acceptors (Lipinski definition) is 4. The van der Waals surface area contributed by atoms with Crippen LogP contribution in [0, 0.1) is 23.7 Å². The molecule has 0 radical (unpaired) electrons. The monoisotopic (exact) mass is 322 g/mol. The first-order valence-corrected chi connectivity index (χ1v) is 9.31. The topological polar surface area (TPSA) is 52.6 Å². The average molecular weight is 322 g/mol. The molecule has 3 aliphatic rings. The van der Waals surface area contributed by atoms with Crippen molar-refractivity contribution in [2.24, 2.45) is 23.7 Å². The van der Waals surface area contributed by atoms with Gasteiger partial charge < -0.3 is 9.47 Å². The van der Waals surface area contributed by atoms with Gasteiger partial charge in [-0.2, -0.15) is 0 Å². The molecule has 3 rings (SSSR count). The predicted molar refractivity (Wildman–Crippen MR) is 86.6 cm³/mol. The molecule has 0 spiro atoms. The molecule has 0 saturated heterocycles. The smallest absolute Gasteiger partial charge is 0.309 e. The van der Waals surface area contributed by atoms with E-state index < -0.39 is 0 Å². The van der Waals surface area contributed by atoms with E-state index >= 15 is 0 Å². The summed E-state index contributed by atoms with van der Waals surface area (Å²) in [6, 6.07) is 0.